The van der Waals surface area contributed by atoms with Gasteiger partial charge in [0.1, 0.15) is 6.61 Å². The molecule has 0 aliphatic carbocycles. The van der Waals surface area contributed by atoms with Gasteiger partial charge in [0.15, 0.2) is 0 Å². The third kappa shape index (κ3) is 6.76. The predicted octanol–water partition coefficient (Wildman–Crippen LogP) is 1.94. The molecule has 0 aliphatic rings. The Bertz CT molecular complexity index is 500. The zero-order chi connectivity index (χ0) is 15.7. The lowest BCUT2D eigenvalue weighted by atomic mass is 10.2. The maximum Gasteiger partial charge on any atom is 0.261 e. The van der Waals surface area contributed by atoms with Crippen molar-refractivity contribution in [2.45, 2.75) is 32.7 Å². The van der Waals surface area contributed by atoms with Gasteiger partial charge in [0.25, 0.3) is 5.91 Å². The van der Waals surface area contributed by atoms with Gasteiger partial charge in [-0.1, -0.05) is 11.8 Å². The van der Waals surface area contributed by atoms with Crippen molar-refractivity contribution >= 4 is 17.2 Å². The molecule has 0 spiro atoms. The molecule has 1 heterocycles. The Morgan fingerprint density at radius 1 is 1.43 bits per heavy atom. The monoisotopic (exact) mass is 308 g/mol. The summed E-state index contributed by atoms with van der Waals surface area (Å²) in [5.41, 5.74) is 0. The highest BCUT2D eigenvalue weighted by atomic mass is 32.1. The molecule has 0 radical (unpaired) electrons. The van der Waals surface area contributed by atoms with Crippen LogP contribution in [0.3, 0.4) is 0 Å². The largest absolute Gasteiger partial charge is 0.384 e. The molecule has 1 rings (SSSR count). The number of nitrogens with zero attached hydrogens (tertiary/aromatic N) is 1. The highest BCUT2D eigenvalue weighted by Gasteiger charge is 2.08. The lowest BCUT2D eigenvalue weighted by Crippen LogP contribution is -2.28. The Kier molecular flexibility index (Phi) is 8.06. The summed E-state index contributed by atoms with van der Waals surface area (Å²) in [6, 6.07) is 4.14. The molecule has 1 amide bonds. The zero-order valence-corrected chi connectivity index (χ0v) is 13.8. The maximum absolute atomic E-state index is 11.9. The fraction of sp³-hybridized carbons (Fsp3) is 0.562. The molecule has 116 valence electrons. The normalized spacial score (nSPS) is 10.6. The van der Waals surface area contributed by atoms with E-state index in [1.807, 2.05) is 0 Å². The number of nitrogens with one attached hydrogen (secondary N) is 1. The summed E-state index contributed by atoms with van der Waals surface area (Å²) in [4.78, 5) is 15.7. The number of amides is 1. The number of aliphatic hydroxyl groups excluding tert-OH is 1. The van der Waals surface area contributed by atoms with Crippen LogP contribution in [0.2, 0.25) is 0 Å². The summed E-state index contributed by atoms with van der Waals surface area (Å²) in [7, 11) is 2.11. The van der Waals surface area contributed by atoms with E-state index < -0.39 is 0 Å². The predicted molar refractivity (Wildman–Crippen MR) is 87.6 cm³/mol. The van der Waals surface area contributed by atoms with Crippen molar-refractivity contribution in [1.29, 1.82) is 0 Å². The van der Waals surface area contributed by atoms with Gasteiger partial charge in [0.2, 0.25) is 0 Å². The van der Waals surface area contributed by atoms with Crippen molar-refractivity contribution in [2.75, 3.05) is 26.7 Å². The second kappa shape index (κ2) is 9.56. The van der Waals surface area contributed by atoms with Crippen LogP contribution < -0.4 is 5.32 Å². The molecule has 1 aromatic rings. The summed E-state index contributed by atoms with van der Waals surface area (Å²) < 4.78 is 0. The van der Waals surface area contributed by atoms with E-state index in [1.54, 1.807) is 12.1 Å². The van der Waals surface area contributed by atoms with Crippen molar-refractivity contribution in [1.82, 2.24) is 10.2 Å². The van der Waals surface area contributed by atoms with Crippen LogP contribution >= 0.6 is 11.3 Å². The van der Waals surface area contributed by atoms with Crippen LogP contribution in [-0.2, 0) is 0 Å². The molecular formula is C16H24N2O2S. The van der Waals surface area contributed by atoms with Gasteiger partial charge in [-0.05, 0) is 52.4 Å². The van der Waals surface area contributed by atoms with E-state index in [9.17, 15) is 4.79 Å². The Morgan fingerprint density at radius 2 is 2.19 bits per heavy atom. The van der Waals surface area contributed by atoms with Crippen LogP contribution in [0.25, 0.3) is 0 Å². The molecule has 0 atom stereocenters. The van der Waals surface area contributed by atoms with E-state index in [-0.39, 0.29) is 12.5 Å². The SMILES string of the molecule is CC(C)N(C)CCCCNC(=O)c1ccc(C#CCO)s1. The first-order valence-electron chi connectivity index (χ1n) is 7.22. The Labute approximate surface area is 131 Å². The molecule has 0 bridgehead atoms. The van der Waals surface area contributed by atoms with Crippen LogP contribution in [0.5, 0.6) is 0 Å². The van der Waals surface area contributed by atoms with Crippen LogP contribution in [0.1, 0.15) is 41.2 Å². The van der Waals surface area contributed by atoms with E-state index in [0.717, 1.165) is 24.3 Å². The number of unbranched alkanes of at least 4 members (excludes halogenated alkanes) is 1. The Hall–Kier alpha value is -1.35. The highest BCUT2D eigenvalue weighted by Crippen LogP contribution is 2.15. The fourth-order valence-electron chi connectivity index (χ4n) is 1.69. The topological polar surface area (TPSA) is 52.6 Å². The summed E-state index contributed by atoms with van der Waals surface area (Å²) in [6.07, 6.45) is 2.05. The number of rotatable bonds is 7. The van der Waals surface area contributed by atoms with Crippen molar-refractivity contribution in [3.8, 4) is 11.8 Å². The van der Waals surface area contributed by atoms with Crippen molar-refractivity contribution in [3.05, 3.63) is 21.9 Å². The van der Waals surface area contributed by atoms with Crippen molar-refractivity contribution in [2.24, 2.45) is 0 Å². The van der Waals surface area contributed by atoms with Gasteiger partial charge < -0.3 is 15.3 Å². The molecule has 4 nitrogen and oxygen atoms in total. The molecular weight excluding hydrogens is 284 g/mol. The average Bonchev–Trinajstić information content (AvgIpc) is 2.93. The Morgan fingerprint density at radius 3 is 2.86 bits per heavy atom. The summed E-state index contributed by atoms with van der Waals surface area (Å²) in [5, 5.41) is 11.6. The highest BCUT2D eigenvalue weighted by molar-refractivity contribution is 7.14. The molecule has 0 saturated heterocycles. The molecule has 21 heavy (non-hydrogen) atoms. The lowest BCUT2D eigenvalue weighted by Gasteiger charge is -2.20. The first kappa shape index (κ1) is 17.7. The summed E-state index contributed by atoms with van der Waals surface area (Å²) in [5.74, 6) is 5.33. The number of hydrogen-bond acceptors (Lipinski definition) is 4. The minimum absolute atomic E-state index is 0.0470. The number of carbonyl (C=O) groups is 1. The first-order chi connectivity index (χ1) is 10.0. The molecule has 0 unspecified atom stereocenters. The van der Waals surface area contributed by atoms with Crippen molar-refractivity contribution < 1.29 is 9.90 Å². The molecule has 0 saturated carbocycles. The van der Waals surface area contributed by atoms with Gasteiger partial charge in [0.05, 0.1) is 9.75 Å². The number of aliphatic hydroxyl groups is 1. The van der Waals surface area contributed by atoms with Gasteiger partial charge in [-0.15, -0.1) is 11.3 Å². The summed E-state index contributed by atoms with van der Waals surface area (Å²) in [6.45, 7) is 5.93. The molecule has 0 aliphatic heterocycles. The fourth-order valence-corrected chi connectivity index (χ4v) is 2.48. The standard InChI is InChI=1S/C16H24N2O2S/c1-13(2)18(3)11-5-4-10-17-16(20)15-9-8-14(21-15)7-6-12-19/h8-9,13,19H,4-5,10-12H2,1-3H3,(H,17,20). The molecule has 2 N–H and O–H groups in total. The average molecular weight is 308 g/mol. The lowest BCUT2D eigenvalue weighted by molar-refractivity contribution is 0.0956. The van der Waals surface area contributed by atoms with E-state index >= 15 is 0 Å². The number of carbonyl (C=O) groups excluding carboxylic acids is 1. The van der Waals surface area contributed by atoms with Crippen LogP contribution in [0.15, 0.2) is 12.1 Å². The zero-order valence-electron chi connectivity index (χ0n) is 13.0. The number of thiophene rings is 1. The number of hydrogen-bond donors (Lipinski definition) is 2. The molecule has 5 heteroatoms. The van der Waals surface area contributed by atoms with Crippen LogP contribution in [-0.4, -0.2) is 48.7 Å². The van der Waals surface area contributed by atoms with Crippen LogP contribution in [0, 0.1) is 11.8 Å². The minimum Gasteiger partial charge on any atom is -0.384 e. The van der Waals surface area contributed by atoms with Crippen LogP contribution in [0.4, 0.5) is 0 Å². The second-order valence-corrected chi connectivity index (χ2v) is 6.24. The van der Waals surface area contributed by atoms with E-state index in [1.165, 1.54) is 11.3 Å². The quantitative estimate of drug-likeness (QED) is 0.598. The Balaban J connectivity index is 2.26. The first-order valence-corrected chi connectivity index (χ1v) is 8.04. The smallest absolute Gasteiger partial charge is 0.261 e. The summed E-state index contributed by atoms with van der Waals surface area (Å²) >= 11 is 1.35. The maximum atomic E-state index is 11.9. The van der Waals surface area contributed by atoms with E-state index in [2.05, 4.69) is 43.0 Å². The van der Waals surface area contributed by atoms with Gasteiger partial charge in [-0.2, -0.15) is 0 Å². The van der Waals surface area contributed by atoms with Gasteiger partial charge in [-0.3, -0.25) is 4.79 Å². The van der Waals surface area contributed by atoms with Gasteiger partial charge in [0, 0.05) is 12.6 Å². The second-order valence-electron chi connectivity index (χ2n) is 5.16. The minimum atomic E-state index is -0.162. The third-order valence-corrected chi connectivity index (χ3v) is 4.22. The third-order valence-electron chi connectivity index (χ3n) is 3.23. The van der Waals surface area contributed by atoms with E-state index in [0.29, 0.717) is 17.5 Å². The van der Waals surface area contributed by atoms with Gasteiger partial charge >= 0.3 is 0 Å². The molecule has 1 aromatic heterocycles. The van der Waals surface area contributed by atoms with E-state index in [4.69, 9.17) is 5.11 Å². The van der Waals surface area contributed by atoms with Crippen molar-refractivity contribution in [3.63, 3.8) is 0 Å². The van der Waals surface area contributed by atoms with Gasteiger partial charge in [-0.25, -0.2) is 0 Å². The molecule has 0 fully saturated rings. The molecule has 0 aromatic carbocycles.